The molecule has 82 valence electrons. The van der Waals surface area contributed by atoms with Gasteiger partial charge in [-0.25, -0.2) is 4.39 Å². The van der Waals surface area contributed by atoms with E-state index in [0.717, 1.165) is 0 Å². The van der Waals surface area contributed by atoms with E-state index in [4.69, 9.17) is 11.5 Å². The van der Waals surface area contributed by atoms with Crippen molar-refractivity contribution in [1.29, 1.82) is 0 Å². The van der Waals surface area contributed by atoms with Gasteiger partial charge in [-0.15, -0.1) is 0 Å². The normalized spacial score (nSPS) is 12.2. The Kier molecular flexibility index (Phi) is 3.62. The van der Waals surface area contributed by atoms with Crippen LogP contribution in [-0.4, -0.2) is 19.1 Å². The lowest BCUT2D eigenvalue weighted by Gasteiger charge is -2.10. The Balaban J connectivity index is 2.80. The Morgan fingerprint density at radius 2 is 2.27 bits per heavy atom. The summed E-state index contributed by atoms with van der Waals surface area (Å²) in [5, 5.41) is 0. The van der Waals surface area contributed by atoms with Crippen LogP contribution in [0.15, 0.2) is 18.2 Å². The average Bonchev–Trinajstić information content (AvgIpc) is 2.22. The minimum atomic E-state index is -0.820. The second-order valence-electron chi connectivity index (χ2n) is 3.18. The highest BCUT2D eigenvalue weighted by molar-refractivity contribution is 5.76. The second kappa shape index (κ2) is 4.75. The zero-order chi connectivity index (χ0) is 11.4. The van der Waals surface area contributed by atoms with Crippen molar-refractivity contribution in [3.63, 3.8) is 0 Å². The van der Waals surface area contributed by atoms with Gasteiger partial charge in [-0.3, -0.25) is 4.79 Å². The molecule has 0 aliphatic rings. The Morgan fingerprint density at radius 1 is 1.60 bits per heavy atom. The van der Waals surface area contributed by atoms with Crippen LogP contribution in [-0.2, 0) is 16.0 Å². The van der Waals surface area contributed by atoms with Crippen LogP contribution < -0.4 is 11.5 Å². The van der Waals surface area contributed by atoms with E-state index < -0.39 is 17.8 Å². The summed E-state index contributed by atoms with van der Waals surface area (Å²) in [5.41, 5.74) is 12.1. The summed E-state index contributed by atoms with van der Waals surface area (Å²) in [6.07, 6.45) is 0.163. The van der Waals surface area contributed by atoms with Crippen molar-refractivity contribution in [2.45, 2.75) is 12.5 Å². The van der Waals surface area contributed by atoms with Gasteiger partial charge in [0, 0.05) is 12.1 Å². The lowest BCUT2D eigenvalue weighted by molar-refractivity contribution is -0.142. The van der Waals surface area contributed by atoms with Crippen molar-refractivity contribution >= 4 is 11.7 Å². The minimum Gasteiger partial charge on any atom is -0.468 e. The van der Waals surface area contributed by atoms with Crippen LogP contribution in [0.2, 0.25) is 0 Å². The molecule has 0 saturated carbocycles. The zero-order valence-electron chi connectivity index (χ0n) is 8.37. The molecule has 0 saturated heterocycles. The summed E-state index contributed by atoms with van der Waals surface area (Å²) in [6, 6.07) is 3.13. The number of nitrogen functional groups attached to an aromatic ring is 1. The van der Waals surface area contributed by atoms with Crippen molar-refractivity contribution in [1.82, 2.24) is 0 Å². The van der Waals surface area contributed by atoms with Crippen molar-refractivity contribution in [2.24, 2.45) is 5.73 Å². The summed E-state index contributed by atoms with van der Waals surface area (Å²) in [7, 11) is 1.25. The van der Waals surface area contributed by atoms with Crippen molar-refractivity contribution in [2.75, 3.05) is 12.8 Å². The molecule has 1 atom stereocenters. The Bertz CT molecular complexity index is 368. The molecular weight excluding hydrogens is 199 g/mol. The monoisotopic (exact) mass is 212 g/mol. The first kappa shape index (κ1) is 11.5. The van der Waals surface area contributed by atoms with Crippen molar-refractivity contribution in [3.8, 4) is 0 Å². The van der Waals surface area contributed by atoms with E-state index in [2.05, 4.69) is 4.74 Å². The molecule has 0 unspecified atom stereocenters. The standard InChI is InChI=1S/C10H13FN2O2/c1-15-10(14)9(13)5-6-4-7(11)2-3-8(6)12/h2-4,9H,5,12-13H2,1H3/t9-/m1/s1. The first-order valence-corrected chi connectivity index (χ1v) is 4.42. The van der Waals surface area contributed by atoms with Crippen LogP contribution in [0.1, 0.15) is 5.56 Å². The number of methoxy groups -OCH3 is 1. The van der Waals surface area contributed by atoms with E-state index in [1.54, 1.807) is 0 Å². The van der Waals surface area contributed by atoms with Gasteiger partial charge in [-0.2, -0.15) is 0 Å². The molecule has 0 amide bonds. The number of benzene rings is 1. The Morgan fingerprint density at radius 3 is 2.87 bits per heavy atom. The maximum atomic E-state index is 12.9. The molecule has 0 aliphatic heterocycles. The zero-order valence-corrected chi connectivity index (χ0v) is 8.37. The molecule has 1 rings (SSSR count). The maximum Gasteiger partial charge on any atom is 0.322 e. The number of carbonyl (C=O) groups excluding carboxylic acids is 1. The third-order valence-electron chi connectivity index (χ3n) is 2.05. The van der Waals surface area contributed by atoms with E-state index in [1.807, 2.05) is 0 Å². The van der Waals surface area contributed by atoms with E-state index >= 15 is 0 Å². The largest absolute Gasteiger partial charge is 0.468 e. The molecule has 4 N–H and O–H groups in total. The topological polar surface area (TPSA) is 78.3 Å². The smallest absolute Gasteiger partial charge is 0.322 e. The highest BCUT2D eigenvalue weighted by Gasteiger charge is 2.15. The summed E-state index contributed by atoms with van der Waals surface area (Å²) in [6.45, 7) is 0. The van der Waals surface area contributed by atoms with Gasteiger partial charge < -0.3 is 16.2 Å². The summed E-state index contributed by atoms with van der Waals surface area (Å²) in [5.74, 6) is -0.949. The molecule has 0 aliphatic carbocycles. The number of carbonyl (C=O) groups is 1. The molecule has 1 aromatic carbocycles. The van der Waals surface area contributed by atoms with Crippen LogP contribution in [0.3, 0.4) is 0 Å². The highest BCUT2D eigenvalue weighted by Crippen LogP contribution is 2.15. The number of esters is 1. The first-order chi connectivity index (χ1) is 7.04. The number of nitrogens with two attached hydrogens (primary N) is 2. The Hall–Kier alpha value is -1.62. The molecule has 15 heavy (non-hydrogen) atoms. The van der Waals surface area contributed by atoms with Gasteiger partial charge in [0.05, 0.1) is 7.11 Å². The van der Waals surface area contributed by atoms with E-state index in [9.17, 15) is 9.18 Å². The van der Waals surface area contributed by atoms with Gasteiger partial charge in [0.15, 0.2) is 0 Å². The number of hydrogen-bond donors (Lipinski definition) is 2. The maximum absolute atomic E-state index is 12.9. The molecule has 1 aromatic rings. The number of rotatable bonds is 3. The lowest BCUT2D eigenvalue weighted by Crippen LogP contribution is -2.33. The van der Waals surface area contributed by atoms with Gasteiger partial charge in [0.1, 0.15) is 11.9 Å². The summed E-state index contributed by atoms with van der Waals surface area (Å²) in [4.78, 5) is 11.0. The Labute approximate surface area is 87.0 Å². The van der Waals surface area contributed by atoms with E-state index in [1.165, 1.54) is 25.3 Å². The predicted molar refractivity (Wildman–Crippen MR) is 54.5 cm³/mol. The molecular formula is C10H13FN2O2. The highest BCUT2D eigenvalue weighted by atomic mass is 19.1. The number of halogens is 1. The quantitative estimate of drug-likeness (QED) is 0.563. The molecule has 4 nitrogen and oxygen atoms in total. The third-order valence-corrected chi connectivity index (χ3v) is 2.05. The minimum absolute atomic E-state index is 0.163. The van der Waals surface area contributed by atoms with Crippen LogP contribution in [0.25, 0.3) is 0 Å². The van der Waals surface area contributed by atoms with E-state index in [0.29, 0.717) is 11.3 Å². The third kappa shape index (κ3) is 2.92. The number of ether oxygens (including phenoxy) is 1. The van der Waals surface area contributed by atoms with Gasteiger partial charge in [-0.1, -0.05) is 0 Å². The van der Waals surface area contributed by atoms with Gasteiger partial charge in [0.25, 0.3) is 0 Å². The predicted octanol–water partition coefficient (Wildman–Crippen LogP) is 0.451. The first-order valence-electron chi connectivity index (χ1n) is 4.42. The number of hydrogen-bond acceptors (Lipinski definition) is 4. The summed E-state index contributed by atoms with van der Waals surface area (Å²) < 4.78 is 17.3. The molecule has 0 aromatic heterocycles. The van der Waals surface area contributed by atoms with Crippen LogP contribution in [0.4, 0.5) is 10.1 Å². The van der Waals surface area contributed by atoms with Crippen molar-refractivity contribution in [3.05, 3.63) is 29.6 Å². The molecule has 0 bridgehead atoms. The molecule has 0 fully saturated rings. The molecule has 0 spiro atoms. The van der Waals surface area contributed by atoms with Gasteiger partial charge in [-0.05, 0) is 23.8 Å². The lowest BCUT2D eigenvalue weighted by atomic mass is 10.0. The fourth-order valence-corrected chi connectivity index (χ4v) is 1.22. The molecule has 0 radical (unpaired) electrons. The van der Waals surface area contributed by atoms with Crippen LogP contribution in [0.5, 0.6) is 0 Å². The molecule has 5 heteroatoms. The van der Waals surface area contributed by atoms with Gasteiger partial charge >= 0.3 is 5.97 Å². The van der Waals surface area contributed by atoms with Crippen molar-refractivity contribution < 1.29 is 13.9 Å². The fourth-order valence-electron chi connectivity index (χ4n) is 1.22. The van der Waals surface area contributed by atoms with E-state index in [-0.39, 0.29) is 6.42 Å². The molecule has 0 heterocycles. The fraction of sp³-hybridized carbons (Fsp3) is 0.300. The summed E-state index contributed by atoms with van der Waals surface area (Å²) >= 11 is 0. The van der Waals surface area contributed by atoms with Crippen LogP contribution in [0, 0.1) is 5.82 Å². The van der Waals surface area contributed by atoms with Crippen LogP contribution >= 0.6 is 0 Å². The SMILES string of the molecule is COC(=O)[C@H](N)Cc1cc(F)ccc1N. The van der Waals surface area contributed by atoms with Gasteiger partial charge in [0.2, 0.25) is 0 Å². The number of anilines is 1. The second-order valence-corrected chi connectivity index (χ2v) is 3.18. The average molecular weight is 212 g/mol.